The van der Waals surface area contributed by atoms with Crippen molar-refractivity contribution in [3.05, 3.63) is 35.9 Å². The Morgan fingerprint density at radius 1 is 1.28 bits per heavy atom. The number of ether oxygens (including phenoxy) is 3. The van der Waals surface area contributed by atoms with Gasteiger partial charge in [-0.05, 0) is 6.42 Å². The van der Waals surface area contributed by atoms with E-state index in [2.05, 4.69) is 20.9 Å². The van der Waals surface area contributed by atoms with E-state index in [-0.39, 0.29) is 13.2 Å². The molecule has 0 radical (unpaired) electrons. The van der Waals surface area contributed by atoms with Gasteiger partial charge in [-0.1, -0.05) is 41.4 Å². The normalized spacial score (nSPS) is 15.1. The molecule has 174 valence electrons. The zero-order chi connectivity index (χ0) is 22.6. The molecule has 3 rings (SSSR count). The van der Waals surface area contributed by atoms with Crippen molar-refractivity contribution in [1.29, 1.82) is 0 Å². The first-order valence-corrected chi connectivity index (χ1v) is 11.0. The van der Waals surface area contributed by atoms with Crippen molar-refractivity contribution in [2.24, 2.45) is 0 Å². The van der Waals surface area contributed by atoms with Crippen LogP contribution in [0.25, 0.3) is 11.3 Å². The number of hydrogen-bond acceptors (Lipinski definition) is 8. The summed E-state index contributed by atoms with van der Waals surface area (Å²) in [6.45, 7) is 5.61. The number of aliphatic hydroxyl groups excluding tert-OH is 1. The van der Waals surface area contributed by atoms with Gasteiger partial charge in [0.2, 0.25) is 5.88 Å². The van der Waals surface area contributed by atoms with Crippen LogP contribution in [0.4, 0.5) is 5.88 Å². The molecular weight excluding hydrogens is 410 g/mol. The zero-order valence-electron chi connectivity index (χ0n) is 18.7. The summed E-state index contributed by atoms with van der Waals surface area (Å²) >= 11 is 0. The lowest BCUT2D eigenvalue weighted by molar-refractivity contribution is 0.0244. The first kappa shape index (κ1) is 24.2. The summed E-state index contributed by atoms with van der Waals surface area (Å²) in [6, 6.07) is 10.0. The molecule has 0 spiro atoms. The fourth-order valence-electron chi connectivity index (χ4n) is 3.78. The number of benzene rings is 1. The summed E-state index contributed by atoms with van der Waals surface area (Å²) in [5, 5.41) is 14.9. The number of anilines is 1. The van der Waals surface area contributed by atoms with E-state index in [1.54, 1.807) is 7.11 Å². The third-order valence-corrected chi connectivity index (χ3v) is 5.28. The van der Waals surface area contributed by atoms with Gasteiger partial charge in [-0.3, -0.25) is 4.90 Å². The molecule has 2 aromatic rings. The van der Waals surface area contributed by atoms with Gasteiger partial charge < -0.3 is 28.7 Å². The van der Waals surface area contributed by atoms with Crippen molar-refractivity contribution in [3.8, 4) is 23.6 Å². The van der Waals surface area contributed by atoms with E-state index in [9.17, 15) is 5.11 Å². The van der Waals surface area contributed by atoms with Gasteiger partial charge in [0.15, 0.2) is 0 Å². The summed E-state index contributed by atoms with van der Waals surface area (Å²) < 4.78 is 21.9. The number of terminal acetylenes is 1. The maximum absolute atomic E-state index is 10.5. The van der Waals surface area contributed by atoms with Gasteiger partial charge in [0.25, 0.3) is 0 Å². The Balaban J connectivity index is 1.83. The largest absolute Gasteiger partial charge is 0.389 e. The van der Waals surface area contributed by atoms with E-state index in [0.29, 0.717) is 32.9 Å². The predicted molar refractivity (Wildman–Crippen MR) is 122 cm³/mol. The van der Waals surface area contributed by atoms with Crippen LogP contribution in [-0.4, -0.2) is 87.6 Å². The zero-order valence-corrected chi connectivity index (χ0v) is 18.7. The third-order valence-electron chi connectivity index (χ3n) is 5.28. The maximum Gasteiger partial charge on any atom is 0.232 e. The number of methoxy groups -OCH3 is 1. The molecule has 2 heterocycles. The number of nitrogens with zero attached hydrogens (tertiary/aromatic N) is 3. The molecule has 1 saturated heterocycles. The Labute approximate surface area is 190 Å². The van der Waals surface area contributed by atoms with Gasteiger partial charge in [-0.15, -0.1) is 6.42 Å². The summed E-state index contributed by atoms with van der Waals surface area (Å²) in [7, 11) is 1.69. The highest BCUT2D eigenvalue weighted by atomic mass is 16.5. The van der Waals surface area contributed by atoms with Gasteiger partial charge in [0.1, 0.15) is 12.3 Å². The molecule has 1 fully saturated rings. The first-order valence-electron chi connectivity index (χ1n) is 11.0. The minimum Gasteiger partial charge on any atom is -0.389 e. The van der Waals surface area contributed by atoms with E-state index < -0.39 is 6.10 Å². The maximum atomic E-state index is 10.5. The Kier molecular flexibility index (Phi) is 10.0. The summed E-state index contributed by atoms with van der Waals surface area (Å²) in [5.41, 5.74) is 2.83. The van der Waals surface area contributed by atoms with Crippen molar-refractivity contribution in [3.63, 3.8) is 0 Å². The number of aromatic nitrogens is 1. The molecule has 1 aromatic heterocycles. The van der Waals surface area contributed by atoms with E-state index in [1.165, 1.54) is 0 Å². The lowest BCUT2D eigenvalue weighted by Gasteiger charge is -2.29. The van der Waals surface area contributed by atoms with E-state index in [1.807, 2.05) is 30.3 Å². The molecular formula is C24H33N3O5. The molecule has 0 aliphatic carbocycles. The SMILES string of the molecule is C#CCOC[C@H](O)CN(CCCOC)Cc1c(-c2ccccc2)noc1N1CCOCC1. The molecule has 0 bridgehead atoms. The first-order chi connectivity index (χ1) is 15.7. The van der Waals surface area contributed by atoms with Crippen LogP contribution in [-0.2, 0) is 20.8 Å². The number of aliphatic hydroxyl groups is 1. The highest BCUT2D eigenvalue weighted by molar-refractivity contribution is 5.68. The van der Waals surface area contributed by atoms with Crippen LogP contribution < -0.4 is 4.90 Å². The monoisotopic (exact) mass is 443 g/mol. The van der Waals surface area contributed by atoms with Crippen LogP contribution in [0, 0.1) is 12.3 Å². The minimum atomic E-state index is -0.655. The van der Waals surface area contributed by atoms with Gasteiger partial charge in [0, 0.05) is 52.0 Å². The molecule has 1 aliphatic heterocycles. The molecule has 0 unspecified atom stereocenters. The van der Waals surface area contributed by atoms with Gasteiger partial charge >= 0.3 is 0 Å². The standard InChI is InChI=1S/C24H33N3O5/c1-3-13-31-19-21(28)17-26(10-7-14-29-2)18-22-23(20-8-5-4-6-9-20)25-32-24(22)27-11-15-30-16-12-27/h1,4-6,8-9,21,28H,7,10-19H2,2H3/t21-/m1/s1. The predicted octanol–water partition coefficient (Wildman–Crippen LogP) is 2.03. The van der Waals surface area contributed by atoms with Crippen molar-refractivity contribution in [1.82, 2.24) is 10.1 Å². The second-order valence-electron chi connectivity index (χ2n) is 7.73. The molecule has 1 aliphatic rings. The van der Waals surface area contributed by atoms with Crippen LogP contribution in [0.1, 0.15) is 12.0 Å². The summed E-state index contributed by atoms with van der Waals surface area (Å²) in [4.78, 5) is 4.36. The average molecular weight is 444 g/mol. The molecule has 32 heavy (non-hydrogen) atoms. The van der Waals surface area contributed by atoms with Crippen LogP contribution in [0.15, 0.2) is 34.9 Å². The van der Waals surface area contributed by atoms with Gasteiger partial charge in [-0.25, -0.2) is 0 Å². The third kappa shape index (κ3) is 7.05. The van der Waals surface area contributed by atoms with E-state index in [0.717, 1.165) is 48.8 Å². The average Bonchev–Trinajstić information content (AvgIpc) is 3.24. The molecule has 8 nitrogen and oxygen atoms in total. The fraction of sp³-hybridized carbons (Fsp3) is 0.542. The summed E-state index contributed by atoms with van der Waals surface area (Å²) in [5.74, 6) is 3.19. The fourth-order valence-corrected chi connectivity index (χ4v) is 3.78. The number of morpholine rings is 1. The molecule has 0 saturated carbocycles. The molecule has 1 aromatic carbocycles. The van der Waals surface area contributed by atoms with Crippen LogP contribution in [0.2, 0.25) is 0 Å². The quantitative estimate of drug-likeness (QED) is 0.372. The molecule has 1 N–H and O–H groups in total. The van der Waals surface area contributed by atoms with Crippen LogP contribution in [0.3, 0.4) is 0 Å². The molecule has 8 heteroatoms. The smallest absolute Gasteiger partial charge is 0.232 e. The van der Waals surface area contributed by atoms with Crippen LogP contribution in [0.5, 0.6) is 0 Å². The summed E-state index contributed by atoms with van der Waals surface area (Å²) in [6.07, 6.45) is 5.42. The highest BCUT2D eigenvalue weighted by Gasteiger charge is 2.26. The van der Waals surface area contributed by atoms with E-state index in [4.69, 9.17) is 25.2 Å². The second kappa shape index (κ2) is 13.2. The van der Waals surface area contributed by atoms with Crippen molar-refractivity contribution in [2.75, 3.05) is 71.2 Å². The van der Waals surface area contributed by atoms with Crippen molar-refractivity contribution in [2.45, 2.75) is 19.1 Å². The van der Waals surface area contributed by atoms with E-state index >= 15 is 0 Å². The second-order valence-corrected chi connectivity index (χ2v) is 7.73. The minimum absolute atomic E-state index is 0.186. The Morgan fingerprint density at radius 2 is 2.06 bits per heavy atom. The topological polar surface area (TPSA) is 80.4 Å². The van der Waals surface area contributed by atoms with Crippen LogP contribution >= 0.6 is 0 Å². The van der Waals surface area contributed by atoms with Gasteiger partial charge in [0.05, 0.1) is 31.5 Å². The number of rotatable bonds is 13. The Bertz CT molecular complexity index is 830. The molecule has 1 atom stereocenters. The number of hydrogen-bond donors (Lipinski definition) is 1. The molecule has 0 amide bonds. The van der Waals surface area contributed by atoms with Crippen molar-refractivity contribution < 1.29 is 23.8 Å². The lowest BCUT2D eigenvalue weighted by atomic mass is 10.1. The Morgan fingerprint density at radius 3 is 2.78 bits per heavy atom. The lowest BCUT2D eigenvalue weighted by Crippen LogP contribution is -2.38. The highest BCUT2D eigenvalue weighted by Crippen LogP contribution is 2.33. The Hall–Kier alpha value is -2.41. The van der Waals surface area contributed by atoms with Gasteiger partial charge in [-0.2, -0.15) is 0 Å². The van der Waals surface area contributed by atoms with Crippen molar-refractivity contribution >= 4 is 5.88 Å².